The molecule has 1 rings (SSSR count). The molecule has 19 heavy (non-hydrogen) atoms. The van der Waals surface area contributed by atoms with Gasteiger partial charge in [-0.1, -0.05) is 12.1 Å². The molecular weight excluding hydrogens is 295 g/mol. The molecule has 0 radical (unpaired) electrons. The maximum Gasteiger partial charge on any atom is 0.338 e. The first kappa shape index (κ1) is 15.8. The first-order valence-electron chi connectivity index (χ1n) is 4.91. The lowest BCUT2D eigenvalue weighted by Crippen LogP contribution is -2.38. The molecule has 0 aliphatic rings. The van der Waals surface area contributed by atoms with Crippen LogP contribution in [-0.4, -0.2) is 31.5 Å². The van der Waals surface area contributed by atoms with Gasteiger partial charge in [-0.15, -0.1) is 0 Å². The minimum Gasteiger partial charge on any atom is -0.282 e. The summed E-state index contributed by atoms with van der Waals surface area (Å²) in [6, 6.07) is 3.63. The lowest BCUT2D eigenvalue weighted by atomic mass is 10.0. The molecule has 108 valence electrons. The van der Waals surface area contributed by atoms with Gasteiger partial charge in [0.1, 0.15) is 0 Å². The predicted octanol–water partition coefficient (Wildman–Crippen LogP) is 2.71. The van der Waals surface area contributed by atoms with Crippen molar-refractivity contribution in [3.63, 3.8) is 0 Å². The maximum atomic E-state index is 13.1. The van der Waals surface area contributed by atoms with E-state index in [0.717, 1.165) is 24.3 Å². The third-order valence-corrected chi connectivity index (χ3v) is 3.21. The van der Waals surface area contributed by atoms with Crippen LogP contribution in [0.15, 0.2) is 29.2 Å². The molecule has 1 N–H and O–H groups in total. The molecule has 9 heteroatoms. The summed E-state index contributed by atoms with van der Waals surface area (Å²) in [4.78, 5) is -0.507. The summed E-state index contributed by atoms with van der Waals surface area (Å²) in [6.45, 7) is 0. The molecule has 0 spiro atoms. The van der Waals surface area contributed by atoms with Gasteiger partial charge in [0.25, 0.3) is 10.1 Å². The van der Waals surface area contributed by atoms with Crippen LogP contribution >= 0.6 is 0 Å². The largest absolute Gasteiger partial charge is 0.338 e. The molecule has 0 saturated heterocycles. The fourth-order valence-corrected chi connectivity index (χ4v) is 1.76. The van der Waals surface area contributed by atoms with E-state index in [1.54, 1.807) is 0 Å². The lowest BCUT2D eigenvalue weighted by Gasteiger charge is -2.19. The van der Waals surface area contributed by atoms with Gasteiger partial charge in [0.05, 0.1) is 4.90 Å². The average molecular weight is 304 g/mol. The number of hydrogen-bond acceptors (Lipinski definition) is 2. The van der Waals surface area contributed by atoms with E-state index >= 15 is 0 Å². The number of benzene rings is 1. The fourth-order valence-electron chi connectivity index (χ4n) is 1.28. The zero-order chi connectivity index (χ0) is 14.8. The molecule has 0 bridgehead atoms. The Labute approximate surface area is 105 Å². The highest BCUT2D eigenvalue weighted by atomic mass is 32.2. The van der Waals surface area contributed by atoms with Crippen LogP contribution in [0.5, 0.6) is 0 Å². The van der Waals surface area contributed by atoms with E-state index in [4.69, 9.17) is 4.55 Å². The molecular formula is C10H9F5O3S. The van der Waals surface area contributed by atoms with Crippen molar-refractivity contribution in [2.24, 2.45) is 0 Å². The zero-order valence-corrected chi connectivity index (χ0v) is 10.0. The van der Waals surface area contributed by atoms with Crippen molar-refractivity contribution in [1.82, 2.24) is 0 Å². The predicted molar refractivity (Wildman–Crippen MR) is 55.8 cm³/mol. The Kier molecular flexibility index (Phi) is 4.51. The minimum atomic E-state index is -4.78. The molecule has 1 aromatic rings. The highest BCUT2D eigenvalue weighted by Crippen LogP contribution is 2.31. The van der Waals surface area contributed by atoms with Crippen molar-refractivity contribution < 1.29 is 34.9 Å². The monoisotopic (exact) mass is 304 g/mol. The van der Waals surface area contributed by atoms with Crippen molar-refractivity contribution in [3.8, 4) is 0 Å². The first-order chi connectivity index (χ1) is 8.55. The van der Waals surface area contributed by atoms with Gasteiger partial charge in [-0.05, 0) is 17.7 Å². The van der Waals surface area contributed by atoms with Gasteiger partial charge < -0.3 is 0 Å². The van der Waals surface area contributed by atoms with Crippen LogP contribution in [0.1, 0.15) is 5.56 Å². The Balaban J connectivity index is 2.85. The molecule has 0 aliphatic heterocycles. The summed E-state index contributed by atoms with van der Waals surface area (Å²) in [5, 5.41) is 0. The topological polar surface area (TPSA) is 54.4 Å². The highest BCUT2D eigenvalue weighted by molar-refractivity contribution is 7.85. The number of rotatable bonds is 5. The Morgan fingerprint density at radius 1 is 1.11 bits per heavy atom. The molecule has 0 amide bonds. The highest BCUT2D eigenvalue weighted by Gasteiger charge is 2.49. The van der Waals surface area contributed by atoms with Gasteiger partial charge in [-0.2, -0.15) is 17.2 Å². The van der Waals surface area contributed by atoms with Crippen LogP contribution in [0.3, 0.4) is 0 Å². The van der Waals surface area contributed by atoms with Crippen molar-refractivity contribution in [2.75, 3.05) is 0 Å². The molecule has 0 fully saturated rings. The van der Waals surface area contributed by atoms with Crippen molar-refractivity contribution >= 4 is 10.1 Å². The van der Waals surface area contributed by atoms with E-state index in [1.165, 1.54) is 0 Å². The Morgan fingerprint density at radius 3 is 1.95 bits per heavy atom. The molecule has 1 unspecified atom stereocenters. The van der Waals surface area contributed by atoms with E-state index < -0.39 is 40.0 Å². The van der Waals surface area contributed by atoms with Gasteiger partial charge in [0.15, 0.2) is 6.17 Å². The van der Waals surface area contributed by atoms with Crippen molar-refractivity contribution in [2.45, 2.75) is 29.8 Å². The lowest BCUT2D eigenvalue weighted by molar-refractivity contribution is -0.170. The Bertz CT molecular complexity index is 527. The van der Waals surface area contributed by atoms with Gasteiger partial charge >= 0.3 is 12.3 Å². The van der Waals surface area contributed by atoms with Gasteiger partial charge in [-0.25, -0.2) is 13.2 Å². The van der Waals surface area contributed by atoms with Crippen molar-refractivity contribution in [3.05, 3.63) is 29.8 Å². The normalized spacial score (nSPS) is 14.7. The van der Waals surface area contributed by atoms with Gasteiger partial charge in [0.2, 0.25) is 0 Å². The standard InChI is InChI=1S/C10H9F5O3S/c11-8(10(14,15)9(12)13)5-6-1-3-7(4-2-6)19(16,17)18/h1-4,8-9H,5H2,(H,16,17,18). The first-order valence-corrected chi connectivity index (χ1v) is 6.35. The smallest absolute Gasteiger partial charge is 0.282 e. The Hall–Kier alpha value is -1.22. The number of alkyl halides is 5. The van der Waals surface area contributed by atoms with Crippen molar-refractivity contribution in [1.29, 1.82) is 0 Å². The zero-order valence-electron chi connectivity index (χ0n) is 9.23. The molecule has 1 aromatic carbocycles. The van der Waals surface area contributed by atoms with Crippen LogP contribution in [0, 0.1) is 0 Å². The third-order valence-electron chi connectivity index (χ3n) is 2.34. The molecule has 1 atom stereocenters. The van der Waals surface area contributed by atoms with E-state index in [2.05, 4.69) is 0 Å². The second-order valence-corrected chi connectivity index (χ2v) is 5.19. The van der Waals surface area contributed by atoms with Gasteiger partial charge in [0, 0.05) is 6.42 Å². The SMILES string of the molecule is O=S(=O)(O)c1ccc(CC(F)C(F)(F)C(F)F)cc1. The maximum absolute atomic E-state index is 13.1. The summed E-state index contributed by atoms with van der Waals surface area (Å²) in [5.41, 5.74) is -0.0970. The second-order valence-electron chi connectivity index (χ2n) is 3.77. The van der Waals surface area contributed by atoms with Crippen LogP contribution in [0.4, 0.5) is 22.0 Å². The molecule has 0 heterocycles. The average Bonchev–Trinajstić information content (AvgIpc) is 2.28. The quantitative estimate of drug-likeness (QED) is 0.672. The summed E-state index contributed by atoms with van der Waals surface area (Å²) in [6.07, 6.45) is -8.22. The van der Waals surface area contributed by atoms with Crippen LogP contribution in [-0.2, 0) is 16.5 Å². The molecule has 0 aliphatic carbocycles. The molecule has 3 nitrogen and oxygen atoms in total. The summed E-state index contributed by atoms with van der Waals surface area (Å²) >= 11 is 0. The van der Waals surface area contributed by atoms with Crippen LogP contribution in [0.2, 0.25) is 0 Å². The number of halogens is 5. The molecule has 0 aromatic heterocycles. The summed E-state index contributed by atoms with van der Waals surface area (Å²) in [5.74, 6) is -4.78. The van der Waals surface area contributed by atoms with E-state index in [1.807, 2.05) is 0 Å². The van der Waals surface area contributed by atoms with Gasteiger partial charge in [-0.3, -0.25) is 4.55 Å². The molecule has 0 saturated carbocycles. The second kappa shape index (κ2) is 5.41. The Morgan fingerprint density at radius 2 is 1.58 bits per heavy atom. The van der Waals surface area contributed by atoms with E-state index in [9.17, 15) is 30.4 Å². The fraction of sp³-hybridized carbons (Fsp3) is 0.400. The van der Waals surface area contributed by atoms with E-state index in [0.29, 0.717) is 0 Å². The summed E-state index contributed by atoms with van der Waals surface area (Å²) in [7, 11) is -4.45. The van der Waals surface area contributed by atoms with Crippen LogP contribution < -0.4 is 0 Å². The minimum absolute atomic E-state index is 0.0970. The number of hydrogen-bond donors (Lipinski definition) is 1. The third kappa shape index (κ3) is 3.87. The summed E-state index contributed by atoms with van der Waals surface area (Å²) < 4.78 is 92.1. The van der Waals surface area contributed by atoms with E-state index in [-0.39, 0.29) is 5.56 Å². The van der Waals surface area contributed by atoms with Crippen LogP contribution in [0.25, 0.3) is 0 Å².